The van der Waals surface area contributed by atoms with Crippen LogP contribution in [0.4, 0.5) is 0 Å². The zero-order chi connectivity index (χ0) is 17.5. The summed E-state index contributed by atoms with van der Waals surface area (Å²) >= 11 is 0. The van der Waals surface area contributed by atoms with Gasteiger partial charge in [0.2, 0.25) is 5.88 Å². The van der Waals surface area contributed by atoms with E-state index in [0.717, 1.165) is 31.5 Å². The van der Waals surface area contributed by atoms with Crippen molar-refractivity contribution in [2.75, 3.05) is 19.6 Å². The normalized spacial score (nSPS) is 21.6. The molecular formula is C19H32IN5O. The molecule has 0 spiro atoms. The number of pyridine rings is 1. The summed E-state index contributed by atoms with van der Waals surface area (Å²) < 4.78 is 5.95. The van der Waals surface area contributed by atoms with Crippen LogP contribution in [-0.2, 0) is 6.54 Å². The summed E-state index contributed by atoms with van der Waals surface area (Å²) in [4.78, 5) is 11.3. The number of halogens is 1. The van der Waals surface area contributed by atoms with Gasteiger partial charge < -0.3 is 15.8 Å². The van der Waals surface area contributed by atoms with Crippen LogP contribution in [0, 0.1) is 0 Å². The van der Waals surface area contributed by atoms with Gasteiger partial charge in [-0.1, -0.05) is 6.92 Å². The number of aliphatic imine (C=N–C) groups is 1. The Morgan fingerprint density at radius 1 is 1.35 bits per heavy atom. The van der Waals surface area contributed by atoms with E-state index in [1.807, 2.05) is 12.1 Å². The van der Waals surface area contributed by atoms with Crippen molar-refractivity contribution >= 4 is 29.9 Å². The van der Waals surface area contributed by atoms with E-state index in [1.165, 1.54) is 32.2 Å². The first-order valence-corrected chi connectivity index (χ1v) is 9.64. The van der Waals surface area contributed by atoms with E-state index in [9.17, 15) is 0 Å². The predicted octanol–water partition coefficient (Wildman–Crippen LogP) is 2.91. The van der Waals surface area contributed by atoms with Crippen molar-refractivity contribution in [3.8, 4) is 5.88 Å². The van der Waals surface area contributed by atoms with Crippen molar-refractivity contribution in [3.05, 3.63) is 23.9 Å². The largest absolute Gasteiger partial charge is 0.474 e. The molecule has 0 radical (unpaired) electrons. The number of nitrogens with zero attached hydrogens (tertiary/aromatic N) is 3. The number of rotatable bonds is 7. The van der Waals surface area contributed by atoms with Gasteiger partial charge >= 0.3 is 0 Å². The highest BCUT2D eigenvalue weighted by Crippen LogP contribution is 2.23. The van der Waals surface area contributed by atoms with Crippen molar-refractivity contribution in [2.24, 2.45) is 10.7 Å². The molecule has 1 aliphatic carbocycles. The monoisotopic (exact) mass is 473 g/mol. The molecule has 0 aromatic carbocycles. The Bertz CT molecular complexity index is 577. The predicted molar refractivity (Wildman–Crippen MR) is 116 cm³/mol. The van der Waals surface area contributed by atoms with Crippen LogP contribution in [0.15, 0.2) is 23.3 Å². The second-order valence-electron chi connectivity index (χ2n) is 7.03. The number of likely N-dealkylation sites (N-methyl/N-ethyl adjacent to an activating group) is 1. The molecule has 1 aliphatic heterocycles. The van der Waals surface area contributed by atoms with Gasteiger partial charge in [-0.05, 0) is 63.2 Å². The molecule has 7 heteroatoms. The van der Waals surface area contributed by atoms with Gasteiger partial charge in [-0.2, -0.15) is 0 Å². The topological polar surface area (TPSA) is 75.8 Å². The lowest BCUT2D eigenvalue weighted by atomic mass is 10.2. The maximum atomic E-state index is 6.03. The highest BCUT2D eigenvalue weighted by molar-refractivity contribution is 14.0. The number of ether oxygens (including phenoxy) is 1. The third-order valence-electron chi connectivity index (χ3n) is 5.24. The Morgan fingerprint density at radius 3 is 2.92 bits per heavy atom. The molecular weight excluding hydrogens is 441 g/mol. The third kappa shape index (κ3) is 6.26. The summed E-state index contributed by atoms with van der Waals surface area (Å²) in [5.41, 5.74) is 7.10. The van der Waals surface area contributed by atoms with Crippen LogP contribution in [-0.4, -0.2) is 47.6 Å². The smallest absolute Gasteiger partial charge is 0.213 e. The molecule has 0 bridgehead atoms. The fourth-order valence-corrected chi connectivity index (χ4v) is 3.79. The standard InChI is InChI=1S/C19H31N5O.HI/c1-2-24-11-5-6-16(24)14-23-19(20)22-13-15-9-10-21-18(12-15)25-17-7-3-4-8-17;/h9-10,12,16-17H,2-8,11,13-14H2,1H3,(H3,20,22,23);1H. The molecule has 3 rings (SSSR count). The zero-order valence-electron chi connectivity index (χ0n) is 15.7. The van der Waals surface area contributed by atoms with E-state index < -0.39 is 0 Å². The molecule has 0 amide bonds. The quantitative estimate of drug-likeness (QED) is 0.362. The van der Waals surface area contributed by atoms with Crippen molar-refractivity contribution in [1.29, 1.82) is 0 Å². The number of likely N-dealkylation sites (tertiary alicyclic amines) is 1. The van der Waals surface area contributed by atoms with Gasteiger partial charge in [-0.25, -0.2) is 9.98 Å². The Labute approximate surface area is 174 Å². The molecule has 3 N–H and O–H groups in total. The number of nitrogens with two attached hydrogens (primary N) is 1. The van der Waals surface area contributed by atoms with Crippen LogP contribution in [0.25, 0.3) is 0 Å². The SMILES string of the molecule is CCN1CCCC1CNC(N)=NCc1ccnc(OC2CCCC2)c1.I. The van der Waals surface area contributed by atoms with E-state index in [2.05, 4.69) is 27.1 Å². The molecule has 1 unspecified atom stereocenters. The molecule has 1 saturated carbocycles. The lowest BCUT2D eigenvalue weighted by molar-refractivity contribution is 0.201. The summed E-state index contributed by atoms with van der Waals surface area (Å²) in [6.45, 7) is 5.93. The minimum atomic E-state index is 0. The first-order valence-electron chi connectivity index (χ1n) is 9.64. The Morgan fingerprint density at radius 2 is 2.15 bits per heavy atom. The second kappa shape index (κ2) is 10.9. The summed E-state index contributed by atoms with van der Waals surface area (Å²) in [5, 5.41) is 3.27. The van der Waals surface area contributed by atoms with Crippen LogP contribution in [0.5, 0.6) is 5.88 Å². The average molecular weight is 473 g/mol. The summed E-state index contributed by atoms with van der Waals surface area (Å²) in [5.74, 6) is 1.22. The van der Waals surface area contributed by atoms with Gasteiger partial charge in [0.25, 0.3) is 0 Å². The molecule has 1 aromatic heterocycles. The minimum absolute atomic E-state index is 0. The van der Waals surface area contributed by atoms with Crippen molar-refractivity contribution < 1.29 is 4.74 Å². The Kier molecular flexibility index (Phi) is 8.90. The lowest BCUT2D eigenvalue weighted by Crippen LogP contribution is -2.42. The maximum Gasteiger partial charge on any atom is 0.213 e. The number of hydrogen-bond donors (Lipinski definition) is 2. The first-order chi connectivity index (χ1) is 12.2. The van der Waals surface area contributed by atoms with Gasteiger partial charge in [0.1, 0.15) is 6.10 Å². The minimum Gasteiger partial charge on any atom is -0.474 e. The Hall–Kier alpha value is -1.09. The van der Waals surface area contributed by atoms with Gasteiger partial charge in [-0.3, -0.25) is 4.90 Å². The molecule has 1 saturated heterocycles. The molecule has 1 aromatic rings. The average Bonchev–Trinajstić information content (AvgIpc) is 3.29. The van der Waals surface area contributed by atoms with Crippen LogP contribution >= 0.6 is 24.0 Å². The van der Waals surface area contributed by atoms with Crippen molar-refractivity contribution in [1.82, 2.24) is 15.2 Å². The molecule has 2 fully saturated rings. The van der Waals surface area contributed by atoms with E-state index >= 15 is 0 Å². The third-order valence-corrected chi connectivity index (χ3v) is 5.24. The molecule has 1 atom stereocenters. The van der Waals surface area contributed by atoms with E-state index in [1.54, 1.807) is 6.20 Å². The number of aromatic nitrogens is 1. The van der Waals surface area contributed by atoms with Crippen molar-refractivity contribution in [3.63, 3.8) is 0 Å². The molecule has 2 heterocycles. The highest BCUT2D eigenvalue weighted by atomic mass is 127. The lowest BCUT2D eigenvalue weighted by Gasteiger charge is -2.23. The molecule has 6 nitrogen and oxygen atoms in total. The van der Waals surface area contributed by atoms with Crippen LogP contribution in [0.1, 0.15) is 51.0 Å². The molecule has 2 aliphatic rings. The summed E-state index contributed by atoms with van der Waals surface area (Å²) in [6.07, 6.45) is 9.41. The number of nitrogens with one attached hydrogen (secondary N) is 1. The highest BCUT2D eigenvalue weighted by Gasteiger charge is 2.22. The first kappa shape index (κ1) is 21.2. The van der Waals surface area contributed by atoms with Gasteiger partial charge in [-0.15, -0.1) is 24.0 Å². The second-order valence-corrected chi connectivity index (χ2v) is 7.03. The molecule has 146 valence electrons. The number of hydrogen-bond acceptors (Lipinski definition) is 4. The Balaban J connectivity index is 0.00000243. The summed E-state index contributed by atoms with van der Waals surface area (Å²) in [6, 6.07) is 4.52. The van der Waals surface area contributed by atoms with Gasteiger partial charge in [0.05, 0.1) is 6.54 Å². The van der Waals surface area contributed by atoms with Crippen LogP contribution < -0.4 is 15.8 Å². The maximum absolute atomic E-state index is 6.03. The van der Waals surface area contributed by atoms with Crippen LogP contribution in [0.3, 0.4) is 0 Å². The summed E-state index contributed by atoms with van der Waals surface area (Å²) in [7, 11) is 0. The van der Waals surface area contributed by atoms with Gasteiger partial charge in [0, 0.05) is 24.8 Å². The number of guanidine groups is 1. The van der Waals surface area contributed by atoms with E-state index in [4.69, 9.17) is 10.5 Å². The van der Waals surface area contributed by atoms with Gasteiger partial charge in [0.15, 0.2) is 5.96 Å². The van der Waals surface area contributed by atoms with Crippen molar-refractivity contribution in [2.45, 2.75) is 64.1 Å². The fraction of sp³-hybridized carbons (Fsp3) is 0.684. The van der Waals surface area contributed by atoms with E-state index in [-0.39, 0.29) is 24.0 Å². The van der Waals surface area contributed by atoms with Crippen LogP contribution in [0.2, 0.25) is 0 Å². The molecule has 26 heavy (non-hydrogen) atoms. The van der Waals surface area contributed by atoms with E-state index in [0.29, 0.717) is 30.5 Å². The fourth-order valence-electron chi connectivity index (χ4n) is 3.79. The zero-order valence-corrected chi connectivity index (χ0v) is 18.0.